The number of cyclic esters (lactones) is 2. The number of aromatic amines is 1. The van der Waals surface area contributed by atoms with Crippen molar-refractivity contribution in [3.8, 4) is 0 Å². The van der Waals surface area contributed by atoms with Gasteiger partial charge in [-0.25, -0.2) is 14.0 Å². The lowest BCUT2D eigenvalue weighted by molar-refractivity contribution is -0.222. The number of rotatable bonds is 1. The van der Waals surface area contributed by atoms with Crippen molar-refractivity contribution in [1.82, 2.24) is 4.98 Å². The molecule has 1 aliphatic rings. The molecule has 0 atom stereocenters. The summed E-state index contributed by atoms with van der Waals surface area (Å²) >= 11 is 0. The summed E-state index contributed by atoms with van der Waals surface area (Å²) in [5, 5.41) is 0.639. The third-order valence-electron chi connectivity index (χ3n) is 3.07. The van der Waals surface area contributed by atoms with Crippen LogP contribution in [0.4, 0.5) is 4.39 Å². The highest BCUT2D eigenvalue weighted by atomic mass is 19.1. The average Bonchev–Trinajstić information content (AvgIpc) is 2.80. The molecular formula is C15H12FNO4. The fourth-order valence-electron chi connectivity index (χ4n) is 2.21. The number of ether oxygens (including phenoxy) is 2. The van der Waals surface area contributed by atoms with Gasteiger partial charge >= 0.3 is 11.9 Å². The van der Waals surface area contributed by atoms with Gasteiger partial charge in [-0.05, 0) is 24.3 Å². The topological polar surface area (TPSA) is 68.4 Å². The molecule has 108 valence electrons. The molecule has 0 radical (unpaired) electrons. The molecule has 3 rings (SSSR count). The molecule has 5 nitrogen and oxygen atoms in total. The Balaban J connectivity index is 2.10. The van der Waals surface area contributed by atoms with E-state index >= 15 is 0 Å². The standard InChI is InChI=1S/C15H12FNO4/c1-15(2)20-13(18)11(14(19)21-15)7-9-6-10(16)5-8-3-4-17-12(8)9/h3-7,17H,1-2H3. The van der Waals surface area contributed by atoms with E-state index in [2.05, 4.69) is 4.98 Å². The maximum atomic E-state index is 13.6. The number of carbonyl (C=O) groups excluding carboxylic acids is 2. The first kappa shape index (κ1) is 13.4. The smallest absolute Gasteiger partial charge is 0.348 e. The highest BCUT2D eigenvalue weighted by Gasteiger charge is 2.38. The second kappa shape index (κ2) is 4.44. The number of esters is 2. The molecule has 1 saturated heterocycles. The number of H-pyrrole nitrogens is 1. The van der Waals surface area contributed by atoms with Crippen molar-refractivity contribution in [3.05, 3.63) is 41.3 Å². The van der Waals surface area contributed by atoms with Crippen LogP contribution in [-0.4, -0.2) is 22.7 Å². The van der Waals surface area contributed by atoms with Gasteiger partial charge in [0.15, 0.2) is 0 Å². The maximum Gasteiger partial charge on any atom is 0.348 e. The van der Waals surface area contributed by atoms with E-state index in [1.54, 1.807) is 12.3 Å². The zero-order valence-corrected chi connectivity index (χ0v) is 11.4. The predicted molar refractivity (Wildman–Crippen MR) is 72.5 cm³/mol. The van der Waals surface area contributed by atoms with Crippen LogP contribution in [0.15, 0.2) is 30.0 Å². The highest BCUT2D eigenvalue weighted by molar-refractivity contribution is 6.19. The van der Waals surface area contributed by atoms with E-state index in [1.165, 1.54) is 32.1 Å². The summed E-state index contributed by atoms with van der Waals surface area (Å²) in [4.78, 5) is 26.7. The molecule has 0 aliphatic carbocycles. The van der Waals surface area contributed by atoms with Crippen molar-refractivity contribution in [2.45, 2.75) is 19.6 Å². The zero-order valence-electron chi connectivity index (χ0n) is 11.4. The Morgan fingerprint density at radius 3 is 2.52 bits per heavy atom. The van der Waals surface area contributed by atoms with Crippen molar-refractivity contribution in [2.24, 2.45) is 0 Å². The number of fused-ring (bicyclic) bond motifs is 1. The molecule has 1 aliphatic heterocycles. The number of aromatic nitrogens is 1. The number of carbonyl (C=O) groups is 2. The Kier molecular flexibility index (Phi) is 2.83. The van der Waals surface area contributed by atoms with Crippen molar-refractivity contribution < 1.29 is 23.5 Å². The first-order valence-corrected chi connectivity index (χ1v) is 6.31. The minimum Gasteiger partial charge on any atom is -0.419 e. The van der Waals surface area contributed by atoms with Gasteiger partial charge in [-0.15, -0.1) is 0 Å². The summed E-state index contributed by atoms with van der Waals surface area (Å²) in [6.45, 7) is 2.93. The maximum absolute atomic E-state index is 13.6. The summed E-state index contributed by atoms with van der Waals surface area (Å²) in [6.07, 6.45) is 2.91. The first-order chi connectivity index (χ1) is 9.85. The van der Waals surface area contributed by atoms with E-state index in [-0.39, 0.29) is 5.57 Å². The monoisotopic (exact) mass is 289 g/mol. The number of hydrogen-bond donors (Lipinski definition) is 1. The minimum atomic E-state index is -1.30. The lowest BCUT2D eigenvalue weighted by Gasteiger charge is -2.29. The predicted octanol–water partition coefficient (Wildman–Crippen LogP) is 2.53. The molecule has 1 aromatic carbocycles. The van der Waals surface area contributed by atoms with E-state index in [1.807, 2.05) is 0 Å². The van der Waals surface area contributed by atoms with Gasteiger partial charge in [0.1, 0.15) is 11.4 Å². The van der Waals surface area contributed by atoms with Gasteiger partial charge in [-0.3, -0.25) is 0 Å². The van der Waals surface area contributed by atoms with E-state index in [9.17, 15) is 14.0 Å². The van der Waals surface area contributed by atoms with Gasteiger partial charge in [0, 0.05) is 31.0 Å². The Bertz CT molecular complexity index is 766. The van der Waals surface area contributed by atoms with E-state index in [0.717, 1.165) is 0 Å². The Labute approximate surface area is 119 Å². The largest absolute Gasteiger partial charge is 0.419 e. The van der Waals surface area contributed by atoms with Gasteiger partial charge in [0.2, 0.25) is 0 Å². The van der Waals surface area contributed by atoms with Crippen LogP contribution in [0, 0.1) is 5.82 Å². The number of hydrogen-bond acceptors (Lipinski definition) is 4. The first-order valence-electron chi connectivity index (χ1n) is 6.31. The summed E-state index contributed by atoms with van der Waals surface area (Å²) in [5.41, 5.74) is 0.726. The van der Waals surface area contributed by atoms with Crippen molar-refractivity contribution in [1.29, 1.82) is 0 Å². The second-order valence-corrected chi connectivity index (χ2v) is 5.17. The fourth-order valence-corrected chi connectivity index (χ4v) is 2.21. The third kappa shape index (κ3) is 2.40. The quantitative estimate of drug-likeness (QED) is 0.497. The molecule has 0 bridgehead atoms. The van der Waals surface area contributed by atoms with Gasteiger partial charge in [0.25, 0.3) is 5.79 Å². The molecule has 2 aromatic rings. The fraction of sp³-hybridized carbons (Fsp3) is 0.200. The normalized spacial score (nSPS) is 17.6. The number of nitrogens with one attached hydrogen (secondary N) is 1. The molecule has 21 heavy (non-hydrogen) atoms. The highest BCUT2D eigenvalue weighted by Crippen LogP contribution is 2.26. The minimum absolute atomic E-state index is 0.268. The number of benzene rings is 1. The van der Waals surface area contributed by atoms with Gasteiger partial charge in [-0.2, -0.15) is 0 Å². The van der Waals surface area contributed by atoms with Gasteiger partial charge in [-0.1, -0.05) is 0 Å². The van der Waals surface area contributed by atoms with E-state index in [0.29, 0.717) is 16.5 Å². The Morgan fingerprint density at radius 1 is 1.19 bits per heavy atom. The molecule has 6 heteroatoms. The molecule has 0 amide bonds. The Hall–Kier alpha value is -2.63. The summed E-state index contributed by atoms with van der Waals surface area (Å²) in [5.74, 6) is -3.35. The van der Waals surface area contributed by atoms with Gasteiger partial charge in [0.05, 0.1) is 5.52 Å². The van der Waals surface area contributed by atoms with Crippen LogP contribution < -0.4 is 0 Å². The molecule has 0 spiro atoms. The van der Waals surface area contributed by atoms with E-state index in [4.69, 9.17) is 9.47 Å². The zero-order chi connectivity index (χ0) is 15.2. The van der Waals surface area contributed by atoms with Crippen LogP contribution in [0.2, 0.25) is 0 Å². The van der Waals surface area contributed by atoms with Crippen LogP contribution in [0.1, 0.15) is 19.4 Å². The summed E-state index contributed by atoms with van der Waals surface area (Å²) < 4.78 is 23.6. The van der Waals surface area contributed by atoms with Crippen LogP contribution in [-0.2, 0) is 19.1 Å². The van der Waals surface area contributed by atoms with Crippen LogP contribution in [0.5, 0.6) is 0 Å². The van der Waals surface area contributed by atoms with Crippen LogP contribution >= 0.6 is 0 Å². The van der Waals surface area contributed by atoms with Crippen molar-refractivity contribution in [3.63, 3.8) is 0 Å². The van der Waals surface area contributed by atoms with Crippen molar-refractivity contribution in [2.75, 3.05) is 0 Å². The third-order valence-corrected chi connectivity index (χ3v) is 3.07. The molecule has 1 fully saturated rings. The average molecular weight is 289 g/mol. The van der Waals surface area contributed by atoms with Crippen molar-refractivity contribution >= 4 is 28.9 Å². The van der Waals surface area contributed by atoms with E-state index < -0.39 is 23.5 Å². The number of halogens is 1. The molecule has 2 heterocycles. The Morgan fingerprint density at radius 2 is 1.86 bits per heavy atom. The summed E-state index contributed by atoms with van der Waals surface area (Å²) in [6, 6.07) is 4.28. The van der Waals surface area contributed by atoms with Crippen LogP contribution in [0.3, 0.4) is 0 Å². The molecule has 1 aromatic heterocycles. The summed E-state index contributed by atoms with van der Waals surface area (Å²) in [7, 11) is 0. The molecular weight excluding hydrogens is 277 g/mol. The molecule has 1 N–H and O–H groups in total. The lowest BCUT2D eigenvalue weighted by Crippen LogP contribution is -2.41. The second-order valence-electron chi connectivity index (χ2n) is 5.17. The lowest BCUT2D eigenvalue weighted by atomic mass is 10.1. The van der Waals surface area contributed by atoms with Crippen LogP contribution in [0.25, 0.3) is 17.0 Å². The van der Waals surface area contributed by atoms with Gasteiger partial charge < -0.3 is 14.5 Å². The molecule has 0 saturated carbocycles. The SMILES string of the molecule is CC1(C)OC(=O)C(=Cc2cc(F)cc3cc[nH]c23)C(=O)O1. The molecule has 0 unspecified atom stereocenters.